The summed E-state index contributed by atoms with van der Waals surface area (Å²) in [5, 5.41) is 21.2. The molecule has 1 aliphatic heterocycles. The number of benzene rings is 2. The van der Waals surface area contributed by atoms with Crippen LogP contribution in [0.25, 0.3) is 0 Å². The van der Waals surface area contributed by atoms with E-state index < -0.39 is 18.0 Å². The van der Waals surface area contributed by atoms with Crippen LogP contribution in [0, 0.1) is 13.8 Å². The van der Waals surface area contributed by atoms with Crippen LogP contribution in [0.2, 0.25) is 0 Å². The zero-order valence-electron chi connectivity index (χ0n) is 17.6. The van der Waals surface area contributed by atoms with Crippen molar-refractivity contribution in [3.63, 3.8) is 0 Å². The number of ether oxygens (including phenoxy) is 1. The minimum Gasteiger partial charge on any atom is -0.473 e. The van der Waals surface area contributed by atoms with Crippen molar-refractivity contribution in [3.05, 3.63) is 65.2 Å². The summed E-state index contributed by atoms with van der Waals surface area (Å²) in [7, 11) is 0. The lowest BCUT2D eigenvalue weighted by atomic mass is 10.0. The van der Waals surface area contributed by atoms with Crippen molar-refractivity contribution in [1.29, 1.82) is 0 Å². The molecule has 0 spiro atoms. The summed E-state index contributed by atoms with van der Waals surface area (Å²) in [6.07, 6.45) is 2.34. The van der Waals surface area contributed by atoms with Crippen LogP contribution in [-0.4, -0.2) is 47.3 Å². The SMILES string of the molecule is Cc1cc(C)cc(NC(=O)C(NCC2CCCO2)c2ccccc2)c1.O=C(O)C(=O)O. The molecule has 0 aliphatic carbocycles. The van der Waals surface area contributed by atoms with E-state index in [-0.39, 0.29) is 12.0 Å². The molecule has 1 heterocycles. The molecule has 4 N–H and O–H groups in total. The number of carbonyl (C=O) groups is 3. The Morgan fingerprint density at radius 3 is 2.16 bits per heavy atom. The molecule has 31 heavy (non-hydrogen) atoms. The van der Waals surface area contributed by atoms with E-state index in [2.05, 4.69) is 16.7 Å². The van der Waals surface area contributed by atoms with Gasteiger partial charge in [-0.05, 0) is 55.5 Å². The molecule has 1 aliphatic rings. The van der Waals surface area contributed by atoms with E-state index in [0.29, 0.717) is 6.54 Å². The van der Waals surface area contributed by atoms with E-state index in [0.717, 1.165) is 41.8 Å². The normalized spacial score (nSPS) is 16.0. The Morgan fingerprint density at radius 2 is 1.65 bits per heavy atom. The number of hydrogen-bond acceptors (Lipinski definition) is 5. The highest BCUT2D eigenvalue weighted by molar-refractivity contribution is 6.27. The van der Waals surface area contributed by atoms with Crippen LogP contribution < -0.4 is 10.6 Å². The number of carbonyl (C=O) groups excluding carboxylic acids is 1. The molecule has 2 unspecified atom stereocenters. The largest absolute Gasteiger partial charge is 0.473 e. The fourth-order valence-electron chi connectivity index (χ4n) is 3.32. The lowest BCUT2D eigenvalue weighted by Gasteiger charge is -2.21. The first-order valence-electron chi connectivity index (χ1n) is 10.0. The molecule has 3 rings (SSSR count). The molecule has 1 saturated heterocycles. The molecular weight excluding hydrogens is 400 g/mol. The number of carboxylic acid groups (broad SMARTS) is 2. The molecule has 8 nitrogen and oxygen atoms in total. The maximum absolute atomic E-state index is 12.9. The molecule has 0 saturated carbocycles. The van der Waals surface area contributed by atoms with Gasteiger partial charge in [0.05, 0.1) is 6.10 Å². The van der Waals surface area contributed by atoms with Crippen molar-refractivity contribution < 1.29 is 29.3 Å². The van der Waals surface area contributed by atoms with Gasteiger partial charge in [-0.1, -0.05) is 36.4 Å². The zero-order chi connectivity index (χ0) is 22.8. The van der Waals surface area contributed by atoms with E-state index in [1.807, 2.05) is 56.3 Å². The van der Waals surface area contributed by atoms with Crippen molar-refractivity contribution in [3.8, 4) is 0 Å². The molecule has 0 radical (unpaired) electrons. The second kappa shape index (κ2) is 11.8. The average Bonchev–Trinajstić information content (AvgIpc) is 3.22. The van der Waals surface area contributed by atoms with Crippen LogP contribution in [0.15, 0.2) is 48.5 Å². The molecule has 0 aromatic heterocycles. The summed E-state index contributed by atoms with van der Waals surface area (Å²) in [4.78, 5) is 31.1. The third kappa shape index (κ3) is 8.19. The second-order valence-electron chi connectivity index (χ2n) is 7.36. The van der Waals surface area contributed by atoms with E-state index >= 15 is 0 Å². The molecule has 1 fully saturated rings. The molecule has 8 heteroatoms. The Morgan fingerprint density at radius 1 is 1.03 bits per heavy atom. The number of amides is 1. The Bertz CT molecular complexity index is 862. The zero-order valence-corrected chi connectivity index (χ0v) is 17.6. The molecule has 2 atom stereocenters. The summed E-state index contributed by atoms with van der Waals surface area (Å²) >= 11 is 0. The van der Waals surface area contributed by atoms with Crippen molar-refractivity contribution >= 4 is 23.5 Å². The van der Waals surface area contributed by atoms with E-state index in [4.69, 9.17) is 24.5 Å². The fraction of sp³-hybridized carbons (Fsp3) is 0.348. The number of aryl methyl sites for hydroxylation is 2. The van der Waals surface area contributed by atoms with Gasteiger partial charge < -0.3 is 20.3 Å². The number of aliphatic carboxylic acids is 2. The first-order valence-corrected chi connectivity index (χ1v) is 10.0. The van der Waals surface area contributed by atoms with Gasteiger partial charge >= 0.3 is 11.9 Å². The minimum atomic E-state index is -1.82. The monoisotopic (exact) mass is 428 g/mol. The Labute approximate surface area is 181 Å². The highest BCUT2D eigenvalue weighted by atomic mass is 16.5. The minimum absolute atomic E-state index is 0.0470. The molecule has 2 aromatic rings. The first kappa shape index (κ1) is 24.0. The lowest BCUT2D eigenvalue weighted by Crippen LogP contribution is -2.37. The molecule has 166 valence electrons. The van der Waals surface area contributed by atoms with E-state index in [1.165, 1.54) is 0 Å². The first-order chi connectivity index (χ1) is 14.8. The maximum Gasteiger partial charge on any atom is 0.414 e. The molecule has 0 bridgehead atoms. The second-order valence-corrected chi connectivity index (χ2v) is 7.36. The van der Waals surface area contributed by atoms with Gasteiger partial charge in [0.1, 0.15) is 6.04 Å². The Hall–Kier alpha value is -3.23. The Kier molecular flexibility index (Phi) is 9.17. The van der Waals surface area contributed by atoms with Crippen molar-refractivity contribution in [2.24, 2.45) is 0 Å². The van der Waals surface area contributed by atoms with Crippen molar-refractivity contribution in [1.82, 2.24) is 5.32 Å². The quantitative estimate of drug-likeness (QED) is 0.521. The summed E-state index contributed by atoms with van der Waals surface area (Å²) in [5.41, 5.74) is 4.07. The topological polar surface area (TPSA) is 125 Å². The fourth-order valence-corrected chi connectivity index (χ4v) is 3.32. The smallest absolute Gasteiger partial charge is 0.414 e. The average molecular weight is 428 g/mol. The van der Waals surface area contributed by atoms with Crippen LogP contribution in [0.5, 0.6) is 0 Å². The standard InChI is InChI=1S/C21H26N2O2.C2H2O4/c1-15-11-16(2)13-18(12-15)23-21(24)20(17-7-4-3-5-8-17)22-14-19-9-6-10-25-19;3-1(4)2(5)6/h3-5,7-8,11-13,19-20,22H,6,9-10,14H2,1-2H3,(H,23,24);(H,3,4)(H,5,6). The number of hydrogen-bond donors (Lipinski definition) is 4. The van der Waals surface area contributed by atoms with E-state index in [1.54, 1.807) is 0 Å². The van der Waals surface area contributed by atoms with Crippen LogP contribution in [0.4, 0.5) is 5.69 Å². The third-order valence-corrected chi connectivity index (χ3v) is 4.64. The molecule has 1 amide bonds. The molecule has 2 aromatic carbocycles. The predicted molar refractivity (Wildman–Crippen MR) is 116 cm³/mol. The van der Waals surface area contributed by atoms with Crippen LogP contribution in [0.1, 0.15) is 35.6 Å². The van der Waals surface area contributed by atoms with Crippen LogP contribution in [-0.2, 0) is 19.1 Å². The lowest BCUT2D eigenvalue weighted by molar-refractivity contribution is -0.159. The van der Waals surface area contributed by atoms with Gasteiger partial charge in [-0.15, -0.1) is 0 Å². The number of rotatable bonds is 6. The number of anilines is 1. The maximum atomic E-state index is 12.9. The highest BCUT2D eigenvalue weighted by Gasteiger charge is 2.23. The number of nitrogens with one attached hydrogen (secondary N) is 2. The summed E-state index contributed by atoms with van der Waals surface area (Å²) < 4.78 is 5.67. The van der Waals surface area contributed by atoms with Gasteiger partial charge in [0.25, 0.3) is 0 Å². The van der Waals surface area contributed by atoms with Gasteiger partial charge in [0, 0.05) is 18.8 Å². The van der Waals surface area contributed by atoms with Crippen LogP contribution in [0.3, 0.4) is 0 Å². The van der Waals surface area contributed by atoms with E-state index in [9.17, 15) is 4.79 Å². The van der Waals surface area contributed by atoms with Gasteiger partial charge in [-0.3, -0.25) is 10.1 Å². The summed E-state index contributed by atoms with van der Waals surface area (Å²) in [6.45, 7) is 5.57. The predicted octanol–water partition coefficient (Wildman–Crippen LogP) is 2.91. The number of carboxylic acids is 2. The summed E-state index contributed by atoms with van der Waals surface area (Å²) in [6, 6.07) is 15.5. The van der Waals surface area contributed by atoms with Crippen molar-refractivity contribution in [2.45, 2.75) is 38.8 Å². The van der Waals surface area contributed by atoms with Crippen LogP contribution >= 0.6 is 0 Å². The molecular formula is C23H28N2O6. The third-order valence-electron chi connectivity index (χ3n) is 4.64. The Balaban J connectivity index is 0.000000501. The van der Waals surface area contributed by atoms with Crippen molar-refractivity contribution in [2.75, 3.05) is 18.5 Å². The van der Waals surface area contributed by atoms with Gasteiger partial charge in [-0.25, -0.2) is 9.59 Å². The van der Waals surface area contributed by atoms with Gasteiger partial charge in [0.15, 0.2) is 0 Å². The highest BCUT2D eigenvalue weighted by Crippen LogP contribution is 2.19. The van der Waals surface area contributed by atoms with Gasteiger partial charge in [0.2, 0.25) is 5.91 Å². The summed E-state index contributed by atoms with van der Waals surface area (Å²) in [5.74, 6) is -3.70. The van der Waals surface area contributed by atoms with Gasteiger partial charge in [-0.2, -0.15) is 0 Å².